The highest BCUT2D eigenvalue weighted by atomic mass is 16.5. The van der Waals surface area contributed by atoms with Gasteiger partial charge in [0.15, 0.2) is 0 Å². The summed E-state index contributed by atoms with van der Waals surface area (Å²) in [7, 11) is 1.27. The molecule has 7 heteroatoms. The van der Waals surface area contributed by atoms with Gasteiger partial charge in [-0.15, -0.1) is 0 Å². The molecule has 0 N–H and O–H groups in total. The second-order valence-electron chi connectivity index (χ2n) is 3.74. The lowest BCUT2D eigenvalue weighted by molar-refractivity contribution is -0.141. The summed E-state index contributed by atoms with van der Waals surface area (Å²) in [5.74, 6) is -0.704. The Morgan fingerprint density at radius 1 is 1.47 bits per heavy atom. The molecule has 7 nitrogen and oxygen atoms in total. The van der Waals surface area contributed by atoms with Crippen LogP contribution < -0.4 is 0 Å². The van der Waals surface area contributed by atoms with Crippen LogP contribution in [-0.2, 0) is 9.53 Å². The van der Waals surface area contributed by atoms with Crippen LogP contribution in [-0.4, -0.2) is 46.6 Å². The first-order valence-electron chi connectivity index (χ1n) is 5.13. The highest BCUT2D eigenvalue weighted by Gasteiger charge is 2.25. The fraction of sp³-hybridized carbons (Fsp3) is 0.600. The molecule has 17 heavy (non-hydrogen) atoms. The van der Waals surface area contributed by atoms with Crippen molar-refractivity contribution >= 4 is 11.9 Å². The molecule has 0 fully saturated rings. The number of carbonyl (C=O) groups excluding carboxylic acids is 2. The molecule has 94 valence electrons. The Morgan fingerprint density at radius 3 is 2.53 bits per heavy atom. The molecule has 0 aliphatic rings. The zero-order chi connectivity index (χ0) is 13.0. The van der Waals surface area contributed by atoms with Gasteiger partial charge in [0.2, 0.25) is 5.89 Å². The van der Waals surface area contributed by atoms with Gasteiger partial charge in [-0.2, -0.15) is 4.98 Å². The Kier molecular flexibility index (Phi) is 4.19. The minimum atomic E-state index is -0.493. The van der Waals surface area contributed by atoms with Crippen molar-refractivity contribution in [1.82, 2.24) is 15.0 Å². The van der Waals surface area contributed by atoms with Gasteiger partial charge in [0, 0.05) is 13.0 Å². The highest BCUT2D eigenvalue weighted by Crippen LogP contribution is 2.06. The molecule has 0 bridgehead atoms. The number of nitrogens with zero attached hydrogens (tertiary/aromatic N) is 3. The Morgan fingerprint density at radius 2 is 2.12 bits per heavy atom. The van der Waals surface area contributed by atoms with Gasteiger partial charge >= 0.3 is 5.97 Å². The first-order chi connectivity index (χ1) is 7.95. The van der Waals surface area contributed by atoms with Crippen LogP contribution in [0.5, 0.6) is 0 Å². The van der Waals surface area contributed by atoms with Gasteiger partial charge < -0.3 is 14.2 Å². The predicted molar refractivity (Wildman–Crippen MR) is 57.2 cm³/mol. The van der Waals surface area contributed by atoms with Crippen LogP contribution in [0.1, 0.15) is 30.4 Å². The number of methoxy groups -OCH3 is 1. The number of hydrogen-bond donors (Lipinski definition) is 0. The molecule has 0 aliphatic heterocycles. The summed E-state index contributed by atoms with van der Waals surface area (Å²) in [6.45, 7) is 5.02. The molecule has 1 rings (SSSR count). The van der Waals surface area contributed by atoms with E-state index in [0.29, 0.717) is 5.89 Å². The molecule has 0 saturated carbocycles. The van der Waals surface area contributed by atoms with E-state index in [0.717, 1.165) is 0 Å². The average molecular weight is 241 g/mol. The van der Waals surface area contributed by atoms with Gasteiger partial charge in [0.25, 0.3) is 11.7 Å². The lowest BCUT2D eigenvalue weighted by atomic mass is 10.3. The fourth-order valence-electron chi connectivity index (χ4n) is 1.21. The maximum absolute atomic E-state index is 12.0. The fourth-order valence-corrected chi connectivity index (χ4v) is 1.21. The number of ether oxygens (including phenoxy) is 1. The lowest BCUT2D eigenvalue weighted by Crippen LogP contribution is -2.41. The topological polar surface area (TPSA) is 85.5 Å². The molecule has 0 unspecified atom stereocenters. The van der Waals surface area contributed by atoms with Crippen LogP contribution in [0.3, 0.4) is 0 Å². The van der Waals surface area contributed by atoms with Crippen LogP contribution in [0.25, 0.3) is 0 Å². The SMILES string of the molecule is COC(=O)CN(C(=O)c1noc(C)n1)C(C)C. The number of amides is 1. The molecule has 0 saturated heterocycles. The van der Waals surface area contributed by atoms with Gasteiger partial charge in [0.05, 0.1) is 7.11 Å². The summed E-state index contributed by atoms with van der Waals surface area (Å²) in [5.41, 5.74) is 0. The predicted octanol–water partition coefficient (Wildman–Crippen LogP) is 0.402. The van der Waals surface area contributed by atoms with E-state index >= 15 is 0 Å². The van der Waals surface area contributed by atoms with Crippen LogP contribution in [0.2, 0.25) is 0 Å². The second kappa shape index (κ2) is 5.42. The summed E-state index contributed by atoms with van der Waals surface area (Å²) in [6, 6.07) is -0.166. The normalized spacial score (nSPS) is 10.4. The number of rotatable bonds is 4. The Labute approximate surface area is 98.7 Å². The van der Waals surface area contributed by atoms with E-state index in [2.05, 4.69) is 14.9 Å². The quantitative estimate of drug-likeness (QED) is 0.709. The van der Waals surface area contributed by atoms with Gasteiger partial charge in [-0.05, 0) is 13.8 Å². The lowest BCUT2D eigenvalue weighted by Gasteiger charge is -2.23. The van der Waals surface area contributed by atoms with Crippen molar-refractivity contribution in [3.05, 3.63) is 11.7 Å². The summed E-state index contributed by atoms with van der Waals surface area (Å²) in [5, 5.41) is 3.52. The van der Waals surface area contributed by atoms with E-state index in [1.807, 2.05) is 0 Å². The monoisotopic (exact) mass is 241 g/mol. The van der Waals surface area contributed by atoms with E-state index in [1.54, 1.807) is 20.8 Å². The zero-order valence-corrected chi connectivity index (χ0v) is 10.3. The Bertz CT molecular complexity index is 413. The van der Waals surface area contributed by atoms with Crippen LogP contribution in [0.4, 0.5) is 0 Å². The van der Waals surface area contributed by atoms with Crippen LogP contribution in [0.15, 0.2) is 4.52 Å². The molecule has 0 radical (unpaired) electrons. The molecule has 0 aliphatic carbocycles. The van der Waals surface area contributed by atoms with Crippen molar-refractivity contribution in [3.8, 4) is 0 Å². The van der Waals surface area contributed by atoms with E-state index in [9.17, 15) is 9.59 Å². The number of aromatic nitrogens is 2. The molecule has 1 aromatic rings. The van der Waals surface area contributed by atoms with E-state index in [4.69, 9.17) is 4.52 Å². The average Bonchev–Trinajstić information content (AvgIpc) is 2.71. The molecule has 0 spiro atoms. The van der Waals surface area contributed by atoms with Crippen molar-refractivity contribution in [2.45, 2.75) is 26.8 Å². The summed E-state index contributed by atoms with van der Waals surface area (Å²) < 4.78 is 9.25. The minimum Gasteiger partial charge on any atom is -0.468 e. The molecular formula is C10H15N3O4. The van der Waals surface area contributed by atoms with E-state index in [-0.39, 0.29) is 18.4 Å². The van der Waals surface area contributed by atoms with Crippen molar-refractivity contribution < 1.29 is 18.8 Å². The molecule has 1 aromatic heterocycles. The molecule has 0 atom stereocenters. The number of hydrogen-bond acceptors (Lipinski definition) is 6. The van der Waals surface area contributed by atoms with Gasteiger partial charge in [-0.25, -0.2) is 0 Å². The summed E-state index contributed by atoms with van der Waals surface area (Å²) >= 11 is 0. The summed E-state index contributed by atoms with van der Waals surface area (Å²) in [6.07, 6.45) is 0. The van der Waals surface area contributed by atoms with Gasteiger partial charge in [0.1, 0.15) is 6.54 Å². The largest absolute Gasteiger partial charge is 0.468 e. The van der Waals surface area contributed by atoms with Crippen molar-refractivity contribution in [2.24, 2.45) is 0 Å². The van der Waals surface area contributed by atoms with Crippen LogP contribution in [0, 0.1) is 6.92 Å². The van der Waals surface area contributed by atoms with Gasteiger partial charge in [-0.1, -0.05) is 5.16 Å². The number of carbonyl (C=O) groups is 2. The Balaban J connectivity index is 2.84. The number of esters is 1. The maximum atomic E-state index is 12.0. The third-order valence-corrected chi connectivity index (χ3v) is 2.13. The standard InChI is InChI=1S/C10H15N3O4/c1-6(2)13(5-8(14)16-4)10(15)9-11-7(3)17-12-9/h6H,5H2,1-4H3. The molecule has 0 aromatic carbocycles. The Hall–Kier alpha value is -1.92. The zero-order valence-electron chi connectivity index (χ0n) is 10.3. The molecule has 1 heterocycles. The smallest absolute Gasteiger partial charge is 0.325 e. The van der Waals surface area contributed by atoms with E-state index < -0.39 is 11.9 Å². The van der Waals surface area contributed by atoms with Crippen molar-refractivity contribution in [1.29, 1.82) is 0 Å². The molecular weight excluding hydrogens is 226 g/mol. The molecule has 1 amide bonds. The van der Waals surface area contributed by atoms with Crippen molar-refractivity contribution in [2.75, 3.05) is 13.7 Å². The second-order valence-corrected chi connectivity index (χ2v) is 3.74. The maximum Gasteiger partial charge on any atom is 0.325 e. The number of aryl methyl sites for hydroxylation is 1. The van der Waals surface area contributed by atoms with E-state index in [1.165, 1.54) is 12.0 Å². The first-order valence-corrected chi connectivity index (χ1v) is 5.13. The minimum absolute atomic E-state index is 0.0555. The first kappa shape index (κ1) is 13.1. The van der Waals surface area contributed by atoms with Gasteiger partial charge in [-0.3, -0.25) is 9.59 Å². The van der Waals surface area contributed by atoms with Crippen molar-refractivity contribution in [3.63, 3.8) is 0 Å². The third-order valence-electron chi connectivity index (χ3n) is 2.13. The summed E-state index contributed by atoms with van der Waals surface area (Å²) in [4.78, 5) is 28.3. The highest BCUT2D eigenvalue weighted by molar-refractivity contribution is 5.92. The van der Waals surface area contributed by atoms with Crippen LogP contribution >= 0.6 is 0 Å². The third kappa shape index (κ3) is 3.27.